The quantitative estimate of drug-likeness (QED) is 0.511. The molecule has 0 N–H and O–H groups in total. The first-order chi connectivity index (χ1) is 7.40. The van der Waals surface area contributed by atoms with Gasteiger partial charge in [-0.1, -0.05) is 18.2 Å². The van der Waals surface area contributed by atoms with E-state index in [1.807, 2.05) is 30.3 Å². The van der Waals surface area contributed by atoms with Crippen molar-refractivity contribution in [2.45, 2.75) is 12.2 Å². The summed E-state index contributed by atoms with van der Waals surface area (Å²) in [5.74, 6) is 0. The van der Waals surface area contributed by atoms with Crippen molar-refractivity contribution in [3.05, 3.63) is 42.0 Å². The van der Waals surface area contributed by atoms with Crippen LogP contribution in [0.2, 0.25) is 0 Å². The van der Waals surface area contributed by atoms with Gasteiger partial charge in [-0.2, -0.15) is 5.26 Å². The molecule has 1 aromatic rings. The number of para-hydroxylation sites is 1. The zero-order valence-electron chi connectivity index (χ0n) is 7.92. The maximum atomic E-state index is 8.46. The van der Waals surface area contributed by atoms with Gasteiger partial charge in [0, 0.05) is 11.6 Å². The van der Waals surface area contributed by atoms with Gasteiger partial charge in [0.2, 0.25) is 0 Å². The van der Waals surface area contributed by atoms with Crippen LogP contribution in [0.3, 0.4) is 0 Å². The van der Waals surface area contributed by atoms with Gasteiger partial charge in [0.15, 0.2) is 0 Å². The second-order valence-electron chi connectivity index (χ2n) is 3.54. The predicted octanol–water partition coefficient (Wildman–Crippen LogP) is 2.29. The van der Waals surface area contributed by atoms with E-state index in [0.29, 0.717) is 0 Å². The molecule has 3 nitrogen and oxygen atoms in total. The summed E-state index contributed by atoms with van der Waals surface area (Å²) >= 11 is 0. The number of nitriles is 1. The van der Waals surface area contributed by atoms with Crippen LogP contribution >= 0.6 is 0 Å². The maximum absolute atomic E-state index is 8.46. The van der Waals surface area contributed by atoms with Crippen LogP contribution < -0.4 is 0 Å². The SMILES string of the molecule is N#C/C=C/C1=Nc2ccccc2C2OC12. The van der Waals surface area contributed by atoms with Crippen LogP contribution in [0.4, 0.5) is 5.69 Å². The third-order valence-corrected chi connectivity index (χ3v) is 2.60. The summed E-state index contributed by atoms with van der Waals surface area (Å²) < 4.78 is 5.52. The zero-order chi connectivity index (χ0) is 10.3. The first-order valence-corrected chi connectivity index (χ1v) is 4.79. The number of aliphatic imine (C=N–C) groups is 1. The molecule has 2 unspecified atom stereocenters. The second-order valence-corrected chi connectivity index (χ2v) is 3.54. The van der Waals surface area contributed by atoms with Crippen LogP contribution in [0.15, 0.2) is 41.4 Å². The lowest BCUT2D eigenvalue weighted by molar-refractivity contribution is 0.402. The number of benzene rings is 1. The number of fused-ring (bicyclic) bond motifs is 3. The number of hydrogen-bond donors (Lipinski definition) is 0. The highest BCUT2D eigenvalue weighted by Gasteiger charge is 2.46. The van der Waals surface area contributed by atoms with Crippen molar-refractivity contribution in [2.24, 2.45) is 4.99 Å². The van der Waals surface area contributed by atoms with Crippen molar-refractivity contribution in [1.82, 2.24) is 0 Å². The molecule has 1 fully saturated rings. The van der Waals surface area contributed by atoms with Gasteiger partial charge >= 0.3 is 0 Å². The fourth-order valence-corrected chi connectivity index (χ4v) is 1.86. The molecule has 0 aromatic heterocycles. The fraction of sp³-hybridized carbons (Fsp3) is 0.167. The average Bonchev–Trinajstić information content (AvgIpc) is 3.06. The fourth-order valence-electron chi connectivity index (χ4n) is 1.86. The van der Waals surface area contributed by atoms with E-state index in [1.165, 1.54) is 6.08 Å². The Balaban J connectivity index is 2.05. The monoisotopic (exact) mass is 196 g/mol. The molecule has 15 heavy (non-hydrogen) atoms. The topological polar surface area (TPSA) is 48.7 Å². The third-order valence-electron chi connectivity index (χ3n) is 2.60. The normalized spacial score (nSPS) is 26.5. The molecule has 2 atom stereocenters. The summed E-state index contributed by atoms with van der Waals surface area (Å²) in [4.78, 5) is 4.46. The largest absolute Gasteiger partial charge is 0.358 e. The Kier molecular flexibility index (Phi) is 1.70. The number of hydrogen-bond acceptors (Lipinski definition) is 3. The molecule has 3 rings (SSSR count). The summed E-state index contributed by atoms with van der Waals surface area (Å²) in [6.45, 7) is 0. The number of ether oxygens (including phenoxy) is 1. The maximum Gasteiger partial charge on any atom is 0.131 e. The summed E-state index contributed by atoms with van der Waals surface area (Å²) in [6.07, 6.45) is 3.37. The highest BCUT2D eigenvalue weighted by atomic mass is 16.6. The van der Waals surface area contributed by atoms with E-state index in [0.717, 1.165) is 17.0 Å². The van der Waals surface area contributed by atoms with Crippen LogP contribution in [0, 0.1) is 11.3 Å². The van der Waals surface area contributed by atoms with Crippen LogP contribution in [-0.4, -0.2) is 11.8 Å². The molecular weight excluding hydrogens is 188 g/mol. The molecular formula is C12H8N2O. The molecule has 2 heterocycles. The van der Waals surface area contributed by atoms with Gasteiger partial charge in [-0.15, -0.1) is 0 Å². The van der Waals surface area contributed by atoms with Crippen molar-refractivity contribution < 1.29 is 4.74 Å². The standard InChI is InChI=1S/C12H8N2O/c13-7-3-6-10-12-11(15-12)8-4-1-2-5-9(8)14-10/h1-6,11-12H/b6-3+. The first-order valence-electron chi connectivity index (χ1n) is 4.79. The lowest BCUT2D eigenvalue weighted by Crippen LogP contribution is -2.08. The summed E-state index contributed by atoms with van der Waals surface area (Å²) in [7, 11) is 0. The molecule has 0 aliphatic carbocycles. The molecule has 3 heteroatoms. The van der Waals surface area contributed by atoms with Crippen LogP contribution in [0.25, 0.3) is 0 Å². The minimum absolute atomic E-state index is 0.0597. The van der Waals surface area contributed by atoms with Crippen molar-refractivity contribution in [2.75, 3.05) is 0 Å². The van der Waals surface area contributed by atoms with Crippen molar-refractivity contribution in [3.63, 3.8) is 0 Å². The van der Waals surface area contributed by atoms with Gasteiger partial charge in [-0.25, -0.2) is 0 Å². The Morgan fingerprint density at radius 2 is 2.20 bits per heavy atom. The number of allylic oxidation sites excluding steroid dienone is 1. The average molecular weight is 196 g/mol. The first kappa shape index (κ1) is 8.39. The van der Waals surface area contributed by atoms with Gasteiger partial charge < -0.3 is 4.74 Å². The van der Waals surface area contributed by atoms with E-state index in [9.17, 15) is 0 Å². The highest BCUT2D eigenvalue weighted by Crippen LogP contribution is 2.47. The Morgan fingerprint density at radius 3 is 3.07 bits per heavy atom. The molecule has 0 bridgehead atoms. The van der Waals surface area contributed by atoms with Gasteiger partial charge in [-0.3, -0.25) is 4.99 Å². The van der Waals surface area contributed by atoms with Crippen LogP contribution in [0.5, 0.6) is 0 Å². The predicted molar refractivity (Wildman–Crippen MR) is 55.9 cm³/mol. The molecule has 0 amide bonds. The van der Waals surface area contributed by atoms with Gasteiger partial charge in [0.25, 0.3) is 0 Å². The Bertz CT molecular complexity index is 511. The molecule has 1 saturated heterocycles. The van der Waals surface area contributed by atoms with E-state index in [-0.39, 0.29) is 12.2 Å². The number of epoxide rings is 1. The smallest absolute Gasteiger partial charge is 0.131 e. The van der Waals surface area contributed by atoms with Gasteiger partial charge in [-0.05, 0) is 12.1 Å². The molecule has 0 saturated carbocycles. The summed E-state index contributed by atoms with van der Waals surface area (Å²) in [6, 6.07) is 9.91. The Morgan fingerprint density at radius 1 is 1.33 bits per heavy atom. The summed E-state index contributed by atoms with van der Waals surface area (Å²) in [5, 5.41) is 8.46. The molecule has 2 aliphatic heterocycles. The van der Waals surface area contributed by atoms with Crippen molar-refractivity contribution in [1.29, 1.82) is 5.26 Å². The second kappa shape index (κ2) is 3.04. The Labute approximate surface area is 87.3 Å². The molecule has 2 aliphatic rings. The number of rotatable bonds is 1. The molecule has 1 aromatic carbocycles. The van der Waals surface area contributed by atoms with Gasteiger partial charge in [0.05, 0.1) is 17.5 Å². The minimum Gasteiger partial charge on any atom is -0.358 e. The van der Waals surface area contributed by atoms with Crippen molar-refractivity contribution >= 4 is 11.4 Å². The van der Waals surface area contributed by atoms with Crippen LogP contribution in [0.1, 0.15) is 11.7 Å². The zero-order valence-corrected chi connectivity index (χ0v) is 7.92. The van der Waals surface area contributed by atoms with E-state index >= 15 is 0 Å². The van der Waals surface area contributed by atoms with Crippen molar-refractivity contribution in [3.8, 4) is 6.07 Å². The van der Waals surface area contributed by atoms with E-state index < -0.39 is 0 Å². The lowest BCUT2D eigenvalue weighted by Gasteiger charge is -2.08. The highest BCUT2D eigenvalue weighted by molar-refractivity contribution is 6.04. The summed E-state index contributed by atoms with van der Waals surface area (Å²) in [5.41, 5.74) is 2.95. The molecule has 72 valence electrons. The minimum atomic E-state index is 0.0597. The third kappa shape index (κ3) is 1.27. The van der Waals surface area contributed by atoms with E-state index in [1.54, 1.807) is 6.08 Å². The number of nitrogens with zero attached hydrogens (tertiary/aromatic N) is 2. The van der Waals surface area contributed by atoms with Crippen LogP contribution in [-0.2, 0) is 4.74 Å². The van der Waals surface area contributed by atoms with Gasteiger partial charge in [0.1, 0.15) is 12.2 Å². The Hall–Kier alpha value is -1.92. The lowest BCUT2D eigenvalue weighted by atomic mass is 10.0. The van der Waals surface area contributed by atoms with E-state index in [4.69, 9.17) is 10.00 Å². The van der Waals surface area contributed by atoms with E-state index in [2.05, 4.69) is 4.99 Å². The molecule has 0 spiro atoms. The molecule has 0 radical (unpaired) electrons.